The summed E-state index contributed by atoms with van der Waals surface area (Å²) in [7, 11) is 0. The van der Waals surface area contributed by atoms with Crippen LogP contribution in [-0.2, 0) is 5.41 Å². The molecule has 1 amide bonds. The minimum atomic E-state index is -0.875. The fourth-order valence-electron chi connectivity index (χ4n) is 4.46. The third-order valence-corrected chi connectivity index (χ3v) is 6.39. The number of carbonyl (C=O) groups excluding carboxylic acids is 1. The van der Waals surface area contributed by atoms with Crippen LogP contribution in [0.3, 0.4) is 0 Å². The van der Waals surface area contributed by atoms with Crippen molar-refractivity contribution in [1.29, 1.82) is 0 Å². The van der Waals surface area contributed by atoms with Crippen LogP contribution in [0.1, 0.15) is 48.5 Å². The van der Waals surface area contributed by atoms with E-state index < -0.39 is 6.09 Å². The van der Waals surface area contributed by atoms with Gasteiger partial charge in [-0.05, 0) is 75.6 Å². The molecule has 2 aromatic rings. The van der Waals surface area contributed by atoms with Gasteiger partial charge in [0.15, 0.2) is 5.78 Å². The van der Waals surface area contributed by atoms with E-state index in [9.17, 15) is 19.1 Å². The number of ketones is 1. The number of likely N-dealkylation sites (tertiary alicyclic amines) is 1. The molecule has 0 atom stereocenters. The Labute approximate surface area is 183 Å². The second-order valence-corrected chi connectivity index (χ2v) is 8.32. The van der Waals surface area contributed by atoms with E-state index in [-0.39, 0.29) is 17.0 Å². The molecule has 0 aromatic heterocycles. The first kappa shape index (κ1) is 22.9. The summed E-state index contributed by atoms with van der Waals surface area (Å²) in [6.45, 7) is 5.42. The molecule has 31 heavy (non-hydrogen) atoms. The van der Waals surface area contributed by atoms with Crippen molar-refractivity contribution in [2.75, 3.05) is 32.7 Å². The predicted molar refractivity (Wildman–Crippen MR) is 119 cm³/mol. The van der Waals surface area contributed by atoms with Gasteiger partial charge in [0.25, 0.3) is 0 Å². The van der Waals surface area contributed by atoms with E-state index >= 15 is 0 Å². The molecule has 2 aromatic carbocycles. The van der Waals surface area contributed by atoms with E-state index in [0.29, 0.717) is 25.1 Å². The number of hydrogen-bond acceptors (Lipinski definition) is 3. The molecular formula is C25H31FN2O3. The van der Waals surface area contributed by atoms with Gasteiger partial charge in [0, 0.05) is 30.5 Å². The summed E-state index contributed by atoms with van der Waals surface area (Å²) < 4.78 is 13.0. The zero-order valence-corrected chi connectivity index (χ0v) is 18.1. The first-order valence-corrected chi connectivity index (χ1v) is 11.0. The number of Topliss-reactive ketones (excluding diaryl/α,β-unsaturated/α-hetero) is 1. The first-order chi connectivity index (χ1) is 14.9. The van der Waals surface area contributed by atoms with Crippen LogP contribution < -0.4 is 0 Å². The van der Waals surface area contributed by atoms with Gasteiger partial charge in [-0.1, -0.05) is 30.3 Å². The van der Waals surface area contributed by atoms with Crippen molar-refractivity contribution in [2.45, 2.75) is 38.0 Å². The van der Waals surface area contributed by atoms with Gasteiger partial charge in [0.2, 0.25) is 0 Å². The number of nitrogens with zero attached hydrogens (tertiary/aromatic N) is 2. The summed E-state index contributed by atoms with van der Waals surface area (Å²) in [6.07, 6.45) is 2.08. The predicted octanol–water partition coefficient (Wildman–Crippen LogP) is 4.82. The topological polar surface area (TPSA) is 60.9 Å². The fraction of sp³-hybridized carbons (Fsp3) is 0.440. The SMILES string of the molecule is CCN(CC1(c2ccccc2)CCN(CCCC(=O)c2ccc(F)cc2)CC1)C(=O)O. The minimum Gasteiger partial charge on any atom is -0.465 e. The molecular weight excluding hydrogens is 395 g/mol. The highest BCUT2D eigenvalue weighted by molar-refractivity contribution is 5.95. The van der Waals surface area contributed by atoms with Crippen LogP contribution in [0.15, 0.2) is 54.6 Å². The molecule has 6 heteroatoms. The quantitative estimate of drug-likeness (QED) is 0.584. The van der Waals surface area contributed by atoms with Gasteiger partial charge in [-0.25, -0.2) is 9.18 Å². The highest BCUT2D eigenvalue weighted by Gasteiger charge is 2.38. The number of likely N-dealkylation sites (N-methyl/N-ethyl adjacent to an activating group) is 1. The Morgan fingerprint density at radius 1 is 1.06 bits per heavy atom. The molecule has 0 bridgehead atoms. The summed E-state index contributed by atoms with van der Waals surface area (Å²) in [5.41, 5.74) is 1.56. The Morgan fingerprint density at radius 2 is 1.71 bits per heavy atom. The van der Waals surface area contributed by atoms with Gasteiger partial charge < -0.3 is 14.9 Å². The van der Waals surface area contributed by atoms with Crippen LogP contribution in [0.4, 0.5) is 9.18 Å². The van der Waals surface area contributed by atoms with Crippen molar-refractivity contribution >= 4 is 11.9 Å². The number of carbonyl (C=O) groups is 2. The lowest BCUT2D eigenvalue weighted by Crippen LogP contribution is -2.50. The Kier molecular flexibility index (Phi) is 7.80. The third-order valence-electron chi connectivity index (χ3n) is 6.39. The van der Waals surface area contributed by atoms with E-state index in [0.717, 1.165) is 38.9 Å². The van der Waals surface area contributed by atoms with Crippen molar-refractivity contribution < 1.29 is 19.1 Å². The number of carboxylic acid groups (broad SMARTS) is 1. The largest absolute Gasteiger partial charge is 0.465 e. The molecule has 0 saturated carbocycles. The number of hydrogen-bond donors (Lipinski definition) is 1. The average Bonchev–Trinajstić information content (AvgIpc) is 2.79. The van der Waals surface area contributed by atoms with E-state index in [4.69, 9.17) is 0 Å². The molecule has 0 aliphatic carbocycles. The lowest BCUT2D eigenvalue weighted by Gasteiger charge is -2.44. The Bertz CT molecular complexity index is 862. The molecule has 1 fully saturated rings. The molecule has 166 valence electrons. The first-order valence-electron chi connectivity index (χ1n) is 11.0. The van der Waals surface area contributed by atoms with Crippen LogP contribution in [0.2, 0.25) is 0 Å². The van der Waals surface area contributed by atoms with Gasteiger partial charge >= 0.3 is 6.09 Å². The lowest BCUT2D eigenvalue weighted by molar-refractivity contribution is 0.0945. The molecule has 1 saturated heterocycles. The number of piperidine rings is 1. The van der Waals surface area contributed by atoms with Crippen LogP contribution in [0, 0.1) is 5.82 Å². The van der Waals surface area contributed by atoms with E-state index in [1.807, 2.05) is 25.1 Å². The molecule has 0 radical (unpaired) electrons. The number of halogens is 1. The smallest absolute Gasteiger partial charge is 0.407 e. The standard InChI is InChI=1S/C25H31FN2O3/c1-2-28(24(30)31)19-25(21-7-4-3-5-8-21)14-17-27(18-15-25)16-6-9-23(29)20-10-12-22(26)13-11-20/h3-5,7-8,10-13H,2,6,9,14-19H2,1H3,(H,30,31). The summed E-state index contributed by atoms with van der Waals surface area (Å²) >= 11 is 0. The minimum absolute atomic E-state index is 0.0377. The zero-order valence-electron chi connectivity index (χ0n) is 18.1. The van der Waals surface area contributed by atoms with Crippen molar-refractivity contribution in [3.63, 3.8) is 0 Å². The second kappa shape index (κ2) is 10.5. The molecule has 1 aliphatic rings. The number of amides is 1. The molecule has 0 unspecified atom stereocenters. The Morgan fingerprint density at radius 3 is 2.29 bits per heavy atom. The Hall–Kier alpha value is -2.73. The van der Waals surface area contributed by atoms with Crippen LogP contribution in [0.25, 0.3) is 0 Å². The normalized spacial score (nSPS) is 16.1. The van der Waals surface area contributed by atoms with Crippen molar-refractivity contribution in [3.8, 4) is 0 Å². The molecule has 1 aliphatic heterocycles. The lowest BCUT2D eigenvalue weighted by atomic mass is 9.72. The summed E-state index contributed by atoms with van der Waals surface area (Å²) in [5.74, 6) is -0.299. The maximum absolute atomic E-state index is 13.0. The summed E-state index contributed by atoms with van der Waals surface area (Å²) in [4.78, 5) is 27.8. The molecule has 5 nitrogen and oxygen atoms in total. The summed E-state index contributed by atoms with van der Waals surface area (Å²) in [5, 5.41) is 9.56. The molecule has 1 N–H and O–H groups in total. The highest BCUT2D eigenvalue weighted by atomic mass is 19.1. The zero-order chi connectivity index (χ0) is 22.3. The van der Waals surface area contributed by atoms with Crippen molar-refractivity contribution in [2.24, 2.45) is 0 Å². The maximum atomic E-state index is 13.0. The monoisotopic (exact) mass is 426 g/mol. The van der Waals surface area contributed by atoms with Crippen LogP contribution in [-0.4, -0.2) is 59.5 Å². The van der Waals surface area contributed by atoms with Crippen LogP contribution >= 0.6 is 0 Å². The fourth-order valence-corrected chi connectivity index (χ4v) is 4.46. The van der Waals surface area contributed by atoms with Gasteiger partial charge in [-0.3, -0.25) is 4.79 Å². The number of benzene rings is 2. The van der Waals surface area contributed by atoms with Gasteiger partial charge in [0.05, 0.1) is 0 Å². The van der Waals surface area contributed by atoms with Gasteiger partial charge in [-0.2, -0.15) is 0 Å². The third kappa shape index (κ3) is 5.91. The molecule has 0 spiro atoms. The maximum Gasteiger partial charge on any atom is 0.407 e. The Balaban J connectivity index is 1.57. The van der Waals surface area contributed by atoms with Crippen LogP contribution in [0.5, 0.6) is 0 Å². The van der Waals surface area contributed by atoms with E-state index in [1.54, 1.807) is 0 Å². The highest BCUT2D eigenvalue weighted by Crippen LogP contribution is 2.36. The average molecular weight is 427 g/mol. The van der Waals surface area contributed by atoms with Gasteiger partial charge in [-0.15, -0.1) is 0 Å². The number of rotatable bonds is 9. The molecule has 3 rings (SSSR count). The summed E-state index contributed by atoms with van der Waals surface area (Å²) in [6, 6.07) is 15.9. The van der Waals surface area contributed by atoms with E-state index in [1.165, 1.54) is 34.7 Å². The van der Waals surface area contributed by atoms with Gasteiger partial charge in [0.1, 0.15) is 5.82 Å². The van der Waals surface area contributed by atoms with Crippen molar-refractivity contribution in [3.05, 3.63) is 71.5 Å². The van der Waals surface area contributed by atoms with Crippen molar-refractivity contribution in [1.82, 2.24) is 9.80 Å². The second-order valence-electron chi connectivity index (χ2n) is 8.32. The van der Waals surface area contributed by atoms with E-state index in [2.05, 4.69) is 17.0 Å². The molecule has 1 heterocycles.